The highest BCUT2D eigenvalue weighted by atomic mass is 32.1. The predicted octanol–water partition coefficient (Wildman–Crippen LogP) is 4.79. The van der Waals surface area contributed by atoms with E-state index in [9.17, 15) is 8.78 Å². The fourth-order valence-electron chi connectivity index (χ4n) is 3.04. The molecule has 5 aromatic rings. The highest BCUT2D eigenvalue weighted by Crippen LogP contribution is 2.33. The van der Waals surface area contributed by atoms with Crippen LogP contribution in [0, 0.1) is 11.6 Å². The van der Waals surface area contributed by atoms with Gasteiger partial charge in [0.2, 0.25) is 0 Å². The molecule has 5 nitrogen and oxygen atoms in total. The third-order valence-corrected chi connectivity index (χ3v) is 5.09. The summed E-state index contributed by atoms with van der Waals surface area (Å²) in [7, 11) is 0. The summed E-state index contributed by atoms with van der Waals surface area (Å²) in [6.07, 6.45) is 6.74. The first-order valence-corrected chi connectivity index (χ1v) is 8.95. The summed E-state index contributed by atoms with van der Waals surface area (Å²) < 4.78 is 29.6. The van der Waals surface area contributed by atoms with Gasteiger partial charge in [0.05, 0.1) is 18.1 Å². The maximum absolute atomic E-state index is 14.7. The Labute approximate surface area is 156 Å². The molecule has 5 rings (SSSR count). The van der Waals surface area contributed by atoms with Crippen LogP contribution in [0.4, 0.5) is 8.78 Å². The molecule has 0 atom stereocenters. The Morgan fingerprint density at radius 3 is 2.63 bits per heavy atom. The van der Waals surface area contributed by atoms with Crippen molar-refractivity contribution in [1.82, 2.24) is 24.6 Å². The van der Waals surface area contributed by atoms with Crippen molar-refractivity contribution in [2.75, 3.05) is 0 Å². The van der Waals surface area contributed by atoms with Crippen LogP contribution >= 0.6 is 11.3 Å². The number of nitrogens with one attached hydrogen (secondary N) is 1. The number of nitrogens with zero attached hydrogens (tertiary/aromatic N) is 4. The van der Waals surface area contributed by atoms with Crippen LogP contribution in [0.15, 0.2) is 60.5 Å². The third-order valence-electron chi connectivity index (χ3n) is 4.30. The predicted molar refractivity (Wildman–Crippen MR) is 99.2 cm³/mol. The molecule has 0 aliphatic rings. The molecule has 4 aromatic heterocycles. The number of imidazole rings is 1. The van der Waals surface area contributed by atoms with Crippen molar-refractivity contribution >= 4 is 17.0 Å². The van der Waals surface area contributed by atoms with Crippen molar-refractivity contribution in [3.05, 3.63) is 72.1 Å². The van der Waals surface area contributed by atoms with Crippen molar-refractivity contribution in [2.24, 2.45) is 0 Å². The number of aromatic nitrogens is 5. The molecule has 1 aromatic carbocycles. The quantitative estimate of drug-likeness (QED) is 0.490. The smallest absolute Gasteiger partial charge is 0.173 e. The minimum atomic E-state index is -0.443. The molecule has 27 heavy (non-hydrogen) atoms. The van der Waals surface area contributed by atoms with Gasteiger partial charge in [-0.3, -0.25) is 9.50 Å². The number of rotatable bonds is 3. The molecule has 0 spiro atoms. The van der Waals surface area contributed by atoms with E-state index in [0.29, 0.717) is 22.5 Å². The monoisotopic (exact) mass is 379 g/mol. The number of hydrogen-bond donors (Lipinski definition) is 1. The SMILES string of the molecule is Fc1ccc(-c2[nH]ncc2-c2cc(F)c3ncc(-c4nccs4)n3c2)cc1. The number of fused-ring (bicyclic) bond motifs is 1. The molecule has 0 bridgehead atoms. The molecule has 0 saturated carbocycles. The first-order valence-electron chi connectivity index (χ1n) is 8.07. The average Bonchev–Trinajstić information content (AvgIpc) is 3.42. The first-order chi connectivity index (χ1) is 13.2. The molecule has 0 amide bonds. The van der Waals surface area contributed by atoms with E-state index in [1.54, 1.807) is 41.3 Å². The van der Waals surface area contributed by atoms with E-state index in [-0.39, 0.29) is 11.5 Å². The van der Waals surface area contributed by atoms with E-state index in [1.165, 1.54) is 29.5 Å². The van der Waals surface area contributed by atoms with Crippen LogP contribution < -0.4 is 0 Å². The Morgan fingerprint density at radius 1 is 1.00 bits per heavy atom. The van der Waals surface area contributed by atoms with E-state index >= 15 is 0 Å². The number of hydrogen-bond acceptors (Lipinski definition) is 4. The number of halogens is 2. The van der Waals surface area contributed by atoms with Crippen molar-refractivity contribution in [3.63, 3.8) is 0 Å². The van der Waals surface area contributed by atoms with Gasteiger partial charge in [-0.25, -0.2) is 18.7 Å². The maximum atomic E-state index is 14.7. The molecule has 1 N–H and O–H groups in total. The summed E-state index contributed by atoms with van der Waals surface area (Å²) in [4.78, 5) is 8.46. The zero-order valence-electron chi connectivity index (χ0n) is 13.7. The maximum Gasteiger partial charge on any atom is 0.173 e. The second-order valence-corrected chi connectivity index (χ2v) is 6.81. The summed E-state index contributed by atoms with van der Waals surface area (Å²) in [5, 5.41) is 9.62. The summed E-state index contributed by atoms with van der Waals surface area (Å²) in [6.45, 7) is 0. The lowest BCUT2D eigenvalue weighted by molar-refractivity contribution is 0.628. The van der Waals surface area contributed by atoms with Crippen LogP contribution in [0.2, 0.25) is 0 Å². The fraction of sp³-hybridized carbons (Fsp3) is 0. The van der Waals surface area contributed by atoms with E-state index in [1.807, 2.05) is 5.38 Å². The van der Waals surface area contributed by atoms with E-state index in [4.69, 9.17) is 0 Å². The van der Waals surface area contributed by atoms with Gasteiger partial charge in [0, 0.05) is 34.5 Å². The Hall–Kier alpha value is -3.39. The average molecular weight is 379 g/mol. The highest BCUT2D eigenvalue weighted by molar-refractivity contribution is 7.13. The third kappa shape index (κ3) is 2.61. The molecule has 0 radical (unpaired) electrons. The number of H-pyrrole nitrogens is 1. The number of aromatic amines is 1. The first kappa shape index (κ1) is 15.8. The lowest BCUT2D eigenvalue weighted by Gasteiger charge is -2.07. The van der Waals surface area contributed by atoms with Crippen LogP contribution in [0.3, 0.4) is 0 Å². The summed E-state index contributed by atoms with van der Waals surface area (Å²) in [5.74, 6) is -0.764. The molecular weight excluding hydrogens is 368 g/mol. The molecule has 8 heteroatoms. The summed E-state index contributed by atoms with van der Waals surface area (Å²) >= 11 is 1.46. The van der Waals surface area contributed by atoms with Gasteiger partial charge in [-0.05, 0) is 30.3 Å². The molecule has 0 unspecified atom stereocenters. The zero-order valence-corrected chi connectivity index (χ0v) is 14.5. The van der Waals surface area contributed by atoms with Gasteiger partial charge in [-0.1, -0.05) is 0 Å². The molecule has 0 saturated heterocycles. The van der Waals surface area contributed by atoms with Crippen molar-refractivity contribution in [2.45, 2.75) is 0 Å². The minimum Gasteiger partial charge on any atom is -0.294 e. The van der Waals surface area contributed by atoms with E-state index in [2.05, 4.69) is 20.2 Å². The molecule has 4 heterocycles. The van der Waals surface area contributed by atoms with Crippen molar-refractivity contribution in [1.29, 1.82) is 0 Å². The Morgan fingerprint density at radius 2 is 1.85 bits per heavy atom. The number of thiazole rings is 1. The zero-order chi connectivity index (χ0) is 18.4. The Kier molecular flexibility index (Phi) is 3.58. The van der Waals surface area contributed by atoms with E-state index < -0.39 is 5.82 Å². The lowest BCUT2D eigenvalue weighted by Crippen LogP contribution is -1.94. The Balaban J connectivity index is 1.70. The van der Waals surface area contributed by atoms with Crippen molar-refractivity contribution < 1.29 is 8.78 Å². The van der Waals surface area contributed by atoms with Gasteiger partial charge < -0.3 is 0 Å². The van der Waals surface area contributed by atoms with Gasteiger partial charge in [-0.2, -0.15) is 5.10 Å². The largest absolute Gasteiger partial charge is 0.294 e. The second-order valence-electron chi connectivity index (χ2n) is 5.92. The summed E-state index contributed by atoms with van der Waals surface area (Å²) in [6, 6.07) is 7.48. The number of benzene rings is 1. The van der Waals surface area contributed by atoms with Gasteiger partial charge in [0.15, 0.2) is 11.5 Å². The number of pyridine rings is 1. The van der Waals surface area contributed by atoms with Gasteiger partial charge in [0.25, 0.3) is 0 Å². The minimum absolute atomic E-state index is 0.232. The molecule has 0 aliphatic heterocycles. The van der Waals surface area contributed by atoms with Crippen LogP contribution in [0.25, 0.3) is 38.7 Å². The standard InChI is InChI=1S/C19H11F2N5S/c20-13-3-1-11(2-4-13)17-14(8-24-25-17)12-7-15(21)18-23-9-16(26(18)10-12)19-22-5-6-27-19/h1-10H,(H,24,25). The summed E-state index contributed by atoms with van der Waals surface area (Å²) in [5.41, 5.74) is 3.73. The molecular formula is C19H11F2N5S. The Bertz CT molecular complexity index is 1240. The van der Waals surface area contributed by atoms with Gasteiger partial charge >= 0.3 is 0 Å². The van der Waals surface area contributed by atoms with E-state index in [0.717, 1.165) is 10.6 Å². The van der Waals surface area contributed by atoms with Crippen LogP contribution in [-0.4, -0.2) is 24.6 Å². The molecule has 132 valence electrons. The van der Waals surface area contributed by atoms with Gasteiger partial charge in [0.1, 0.15) is 16.5 Å². The fourth-order valence-corrected chi connectivity index (χ4v) is 3.69. The van der Waals surface area contributed by atoms with Crippen LogP contribution in [0.1, 0.15) is 0 Å². The van der Waals surface area contributed by atoms with Crippen LogP contribution in [0.5, 0.6) is 0 Å². The normalized spacial score (nSPS) is 11.3. The van der Waals surface area contributed by atoms with Crippen molar-refractivity contribution in [3.8, 4) is 33.1 Å². The van der Waals surface area contributed by atoms with Gasteiger partial charge in [-0.15, -0.1) is 11.3 Å². The van der Waals surface area contributed by atoms with Crippen LogP contribution in [-0.2, 0) is 0 Å². The molecule has 0 fully saturated rings. The lowest BCUT2D eigenvalue weighted by atomic mass is 10.0. The topological polar surface area (TPSA) is 58.9 Å². The highest BCUT2D eigenvalue weighted by Gasteiger charge is 2.16. The second kappa shape index (κ2) is 6.10. The molecule has 0 aliphatic carbocycles.